The molecule has 0 bridgehead atoms. The molecule has 3 nitrogen and oxygen atoms in total. The molecular weight excluding hydrogens is 222 g/mol. The van der Waals surface area contributed by atoms with Crippen LogP contribution in [0, 0.1) is 11.8 Å². The van der Waals surface area contributed by atoms with Crippen molar-refractivity contribution < 1.29 is 0 Å². The van der Waals surface area contributed by atoms with Crippen LogP contribution in [0.5, 0.6) is 0 Å². The Kier molecular flexibility index (Phi) is 4.22. The average Bonchev–Trinajstić information content (AvgIpc) is 2.95. The summed E-state index contributed by atoms with van der Waals surface area (Å²) in [6.07, 6.45) is 8.44. The van der Waals surface area contributed by atoms with Crippen LogP contribution in [0.4, 0.5) is 0 Å². The Morgan fingerprint density at radius 3 is 2.61 bits per heavy atom. The smallest absolute Gasteiger partial charge is 0.0223 e. The van der Waals surface area contributed by atoms with Crippen molar-refractivity contribution in [3.63, 3.8) is 0 Å². The molecule has 2 N–H and O–H groups in total. The molecule has 2 aliphatic heterocycles. The molecule has 0 aromatic heterocycles. The highest BCUT2D eigenvalue weighted by Gasteiger charge is 2.32. The van der Waals surface area contributed by atoms with E-state index >= 15 is 0 Å². The molecular formula is C15H29N3. The van der Waals surface area contributed by atoms with E-state index in [9.17, 15) is 0 Å². The van der Waals surface area contributed by atoms with Gasteiger partial charge in [-0.25, -0.2) is 0 Å². The van der Waals surface area contributed by atoms with Crippen molar-refractivity contribution in [3.05, 3.63) is 0 Å². The van der Waals surface area contributed by atoms with E-state index in [4.69, 9.17) is 5.73 Å². The monoisotopic (exact) mass is 251 g/mol. The summed E-state index contributed by atoms with van der Waals surface area (Å²) in [5.74, 6) is 1.70. The Balaban J connectivity index is 1.55. The van der Waals surface area contributed by atoms with Gasteiger partial charge in [0.05, 0.1) is 0 Å². The van der Waals surface area contributed by atoms with Gasteiger partial charge in [0.2, 0.25) is 0 Å². The van der Waals surface area contributed by atoms with E-state index in [1.54, 1.807) is 0 Å². The first-order chi connectivity index (χ1) is 8.86. The number of nitrogens with zero attached hydrogens (tertiary/aromatic N) is 2. The van der Waals surface area contributed by atoms with E-state index in [0.717, 1.165) is 24.4 Å². The minimum absolute atomic E-state index is 0.813. The summed E-state index contributed by atoms with van der Waals surface area (Å²) in [6.45, 7) is 7.58. The molecule has 0 aromatic rings. The maximum absolute atomic E-state index is 5.92. The Morgan fingerprint density at radius 2 is 1.72 bits per heavy atom. The highest BCUT2D eigenvalue weighted by Crippen LogP contribution is 2.32. The molecule has 0 spiro atoms. The van der Waals surface area contributed by atoms with Crippen molar-refractivity contribution in [2.24, 2.45) is 17.6 Å². The fourth-order valence-corrected chi connectivity index (χ4v) is 4.44. The molecule has 3 heteroatoms. The second kappa shape index (κ2) is 5.89. The zero-order chi connectivity index (χ0) is 12.4. The normalized spacial score (nSPS) is 38.8. The summed E-state index contributed by atoms with van der Waals surface area (Å²) in [6, 6.07) is 0.866. The molecule has 2 heterocycles. The first-order valence-electron chi connectivity index (χ1n) is 8.03. The minimum Gasteiger partial charge on any atom is -0.330 e. The van der Waals surface area contributed by atoms with Gasteiger partial charge in [-0.2, -0.15) is 0 Å². The van der Waals surface area contributed by atoms with Crippen LogP contribution in [0.2, 0.25) is 0 Å². The third kappa shape index (κ3) is 2.73. The average molecular weight is 251 g/mol. The molecule has 3 aliphatic rings. The SMILES string of the molecule is NCC1CCCC1CN1CCCN2CCCC2C1. The molecule has 0 amide bonds. The molecule has 0 aromatic carbocycles. The fraction of sp³-hybridized carbons (Fsp3) is 1.00. The molecule has 3 unspecified atom stereocenters. The number of nitrogens with two attached hydrogens (primary N) is 1. The van der Waals surface area contributed by atoms with Crippen molar-refractivity contribution in [1.82, 2.24) is 9.80 Å². The Bertz CT molecular complexity index is 268. The van der Waals surface area contributed by atoms with Gasteiger partial charge >= 0.3 is 0 Å². The lowest BCUT2D eigenvalue weighted by molar-refractivity contribution is 0.184. The predicted octanol–water partition coefficient (Wildman–Crippen LogP) is 1.53. The van der Waals surface area contributed by atoms with Gasteiger partial charge in [-0.3, -0.25) is 4.90 Å². The molecule has 3 rings (SSSR count). The van der Waals surface area contributed by atoms with Crippen molar-refractivity contribution in [1.29, 1.82) is 0 Å². The van der Waals surface area contributed by atoms with Gasteiger partial charge in [-0.15, -0.1) is 0 Å². The first-order valence-corrected chi connectivity index (χ1v) is 8.03. The van der Waals surface area contributed by atoms with Gasteiger partial charge in [-0.05, 0) is 70.1 Å². The van der Waals surface area contributed by atoms with Gasteiger partial charge in [0, 0.05) is 19.1 Å². The van der Waals surface area contributed by atoms with Crippen LogP contribution in [-0.2, 0) is 0 Å². The summed E-state index contributed by atoms with van der Waals surface area (Å²) in [4.78, 5) is 5.49. The summed E-state index contributed by atoms with van der Waals surface area (Å²) in [7, 11) is 0. The number of fused-ring (bicyclic) bond motifs is 1. The van der Waals surface area contributed by atoms with Crippen LogP contribution in [0.15, 0.2) is 0 Å². The molecule has 3 atom stereocenters. The fourth-order valence-electron chi connectivity index (χ4n) is 4.44. The topological polar surface area (TPSA) is 32.5 Å². The zero-order valence-electron chi connectivity index (χ0n) is 11.7. The van der Waals surface area contributed by atoms with E-state index in [0.29, 0.717) is 0 Å². The first kappa shape index (κ1) is 12.9. The quantitative estimate of drug-likeness (QED) is 0.826. The van der Waals surface area contributed by atoms with E-state index in [1.807, 2.05) is 0 Å². The van der Waals surface area contributed by atoms with Crippen LogP contribution in [0.3, 0.4) is 0 Å². The summed E-state index contributed by atoms with van der Waals surface area (Å²) >= 11 is 0. The van der Waals surface area contributed by atoms with Crippen molar-refractivity contribution >= 4 is 0 Å². The molecule has 2 saturated heterocycles. The van der Waals surface area contributed by atoms with E-state index in [2.05, 4.69) is 9.80 Å². The van der Waals surface area contributed by atoms with Crippen molar-refractivity contribution in [3.8, 4) is 0 Å². The highest BCUT2D eigenvalue weighted by molar-refractivity contribution is 4.87. The van der Waals surface area contributed by atoms with Crippen LogP contribution >= 0.6 is 0 Å². The maximum atomic E-state index is 5.92. The number of rotatable bonds is 3. The predicted molar refractivity (Wildman–Crippen MR) is 75.5 cm³/mol. The molecule has 0 radical (unpaired) electrons. The maximum Gasteiger partial charge on any atom is 0.0223 e. The van der Waals surface area contributed by atoms with Gasteiger partial charge in [0.25, 0.3) is 0 Å². The summed E-state index contributed by atoms with van der Waals surface area (Å²) in [5, 5.41) is 0. The minimum atomic E-state index is 0.813. The summed E-state index contributed by atoms with van der Waals surface area (Å²) in [5.41, 5.74) is 5.92. The molecule has 1 saturated carbocycles. The lowest BCUT2D eigenvalue weighted by atomic mass is 9.95. The van der Waals surface area contributed by atoms with Gasteiger partial charge in [-0.1, -0.05) is 6.42 Å². The van der Waals surface area contributed by atoms with E-state index in [-0.39, 0.29) is 0 Å². The third-order valence-electron chi connectivity index (χ3n) is 5.50. The Labute approximate surface area is 112 Å². The Hall–Kier alpha value is -0.120. The van der Waals surface area contributed by atoms with E-state index < -0.39 is 0 Å². The molecule has 18 heavy (non-hydrogen) atoms. The molecule has 3 fully saturated rings. The second-order valence-corrected chi connectivity index (χ2v) is 6.63. The standard InChI is InChI=1S/C15H29N3/c16-10-13-4-1-5-14(13)11-17-7-3-9-18-8-2-6-15(18)12-17/h13-15H,1-12,16H2. The number of hydrogen-bond donors (Lipinski definition) is 1. The van der Waals surface area contributed by atoms with Crippen LogP contribution in [0.1, 0.15) is 38.5 Å². The third-order valence-corrected chi connectivity index (χ3v) is 5.50. The van der Waals surface area contributed by atoms with Gasteiger partial charge in [0.1, 0.15) is 0 Å². The van der Waals surface area contributed by atoms with Crippen molar-refractivity contribution in [2.45, 2.75) is 44.6 Å². The number of hydrogen-bond acceptors (Lipinski definition) is 3. The second-order valence-electron chi connectivity index (χ2n) is 6.63. The van der Waals surface area contributed by atoms with Crippen LogP contribution in [-0.4, -0.2) is 55.1 Å². The van der Waals surface area contributed by atoms with Gasteiger partial charge < -0.3 is 10.6 Å². The largest absolute Gasteiger partial charge is 0.330 e. The van der Waals surface area contributed by atoms with E-state index in [1.165, 1.54) is 71.2 Å². The lowest BCUT2D eigenvalue weighted by Crippen LogP contribution is -2.39. The Morgan fingerprint density at radius 1 is 0.889 bits per heavy atom. The van der Waals surface area contributed by atoms with Crippen LogP contribution < -0.4 is 5.73 Å². The van der Waals surface area contributed by atoms with Gasteiger partial charge in [0.15, 0.2) is 0 Å². The van der Waals surface area contributed by atoms with Crippen molar-refractivity contribution in [2.75, 3.05) is 39.3 Å². The molecule has 1 aliphatic carbocycles. The summed E-state index contributed by atoms with van der Waals surface area (Å²) < 4.78 is 0. The molecule has 104 valence electrons. The highest BCUT2D eigenvalue weighted by atomic mass is 15.3. The van der Waals surface area contributed by atoms with Crippen LogP contribution in [0.25, 0.3) is 0 Å². The lowest BCUT2D eigenvalue weighted by Gasteiger charge is -2.29. The zero-order valence-corrected chi connectivity index (χ0v) is 11.7.